The van der Waals surface area contributed by atoms with Crippen molar-refractivity contribution in [1.29, 1.82) is 0 Å². The van der Waals surface area contributed by atoms with Gasteiger partial charge < -0.3 is 9.47 Å². The van der Waals surface area contributed by atoms with Gasteiger partial charge in [-0.1, -0.05) is 30.3 Å². The van der Waals surface area contributed by atoms with Gasteiger partial charge in [0, 0.05) is 30.7 Å². The maximum Gasteiger partial charge on any atom is 0.217 e. The van der Waals surface area contributed by atoms with Crippen LogP contribution in [0.2, 0.25) is 0 Å². The molecule has 0 atom stereocenters. The van der Waals surface area contributed by atoms with Crippen molar-refractivity contribution < 1.29 is 9.47 Å². The van der Waals surface area contributed by atoms with Crippen molar-refractivity contribution in [2.24, 2.45) is 0 Å². The fraction of sp³-hybridized carbons (Fsp3) is 0.333. The molecule has 0 bridgehead atoms. The maximum absolute atomic E-state index is 5.89. The second kappa shape index (κ2) is 5.80. The zero-order valence-corrected chi connectivity index (χ0v) is 10.7. The molecule has 1 aromatic heterocycles. The van der Waals surface area contributed by atoms with Crippen LogP contribution in [0.25, 0.3) is 11.4 Å². The van der Waals surface area contributed by atoms with E-state index < -0.39 is 0 Å². The fourth-order valence-electron chi connectivity index (χ4n) is 2.10. The van der Waals surface area contributed by atoms with Crippen molar-refractivity contribution >= 4 is 0 Å². The van der Waals surface area contributed by atoms with E-state index in [0.717, 1.165) is 31.6 Å². The third kappa shape index (κ3) is 3.09. The van der Waals surface area contributed by atoms with Crippen molar-refractivity contribution in [3.8, 4) is 17.3 Å². The van der Waals surface area contributed by atoms with E-state index >= 15 is 0 Å². The number of rotatable bonds is 3. The van der Waals surface area contributed by atoms with Crippen LogP contribution in [-0.2, 0) is 4.74 Å². The van der Waals surface area contributed by atoms with Crippen molar-refractivity contribution in [1.82, 2.24) is 9.97 Å². The number of hydrogen-bond acceptors (Lipinski definition) is 4. The summed E-state index contributed by atoms with van der Waals surface area (Å²) in [6, 6.07) is 11.7. The molecule has 0 spiro atoms. The van der Waals surface area contributed by atoms with E-state index in [1.54, 1.807) is 6.20 Å². The molecule has 3 rings (SSSR count). The normalized spacial score (nSPS) is 16.2. The Morgan fingerprint density at radius 1 is 1.05 bits per heavy atom. The van der Waals surface area contributed by atoms with Gasteiger partial charge in [0.25, 0.3) is 0 Å². The Morgan fingerprint density at radius 2 is 1.84 bits per heavy atom. The van der Waals surface area contributed by atoms with Gasteiger partial charge >= 0.3 is 0 Å². The monoisotopic (exact) mass is 256 g/mol. The average molecular weight is 256 g/mol. The molecule has 0 unspecified atom stereocenters. The van der Waals surface area contributed by atoms with E-state index in [9.17, 15) is 0 Å². The largest absolute Gasteiger partial charge is 0.474 e. The van der Waals surface area contributed by atoms with Gasteiger partial charge in [0.15, 0.2) is 5.82 Å². The Kier molecular flexibility index (Phi) is 3.70. The van der Waals surface area contributed by atoms with Gasteiger partial charge in [-0.25, -0.2) is 4.98 Å². The summed E-state index contributed by atoms with van der Waals surface area (Å²) in [4.78, 5) is 8.75. The molecule has 0 aliphatic carbocycles. The van der Waals surface area contributed by atoms with Gasteiger partial charge in [0.2, 0.25) is 5.88 Å². The van der Waals surface area contributed by atoms with Crippen LogP contribution in [0.4, 0.5) is 0 Å². The molecular weight excluding hydrogens is 240 g/mol. The topological polar surface area (TPSA) is 44.2 Å². The fourth-order valence-corrected chi connectivity index (χ4v) is 2.10. The molecule has 1 fully saturated rings. The molecule has 0 radical (unpaired) electrons. The summed E-state index contributed by atoms with van der Waals surface area (Å²) in [7, 11) is 0. The molecule has 2 heterocycles. The van der Waals surface area contributed by atoms with E-state index in [1.807, 2.05) is 36.4 Å². The Hall–Kier alpha value is -1.94. The molecule has 0 amide bonds. The Morgan fingerprint density at radius 3 is 2.63 bits per heavy atom. The van der Waals surface area contributed by atoms with E-state index in [4.69, 9.17) is 9.47 Å². The first-order valence-corrected chi connectivity index (χ1v) is 6.55. The molecule has 1 saturated heterocycles. The first-order valence-electron chi connectivity index (χ1n) is 6.55. The summed E-state index contributed by atoms with van der Waals surface area (Å²) in [6.45, 7) is 1.53. The van der Waals surface area contributed by atoms with Crippen LogP contribution < -0.4 is 4.74 Å². The number of aromatic nitrogens is 2. The zero-order chi connectivity index (χ0) is 12.9. The lowest BCUT2D eigenvalue weighted by Gasteiger charge is -2.22. The molecule has 1 aliphatic heterocycles. The molecule has 0 N–H and O–H groups in total. The minimum Gasteiger partial charge on any atom is -0.474 e. The first-order chi connectivity index (χ1) is 9.42. The molecule has 2 aromatic rings. The second-order valence-corrected chi connectivity index (χ2v) is 4.51. The van der Waals surface area contributed by atoms with Crippen molar-refractivity contribution in [3.05, 3.63) is 42.6 Å². The second-order valence-electron chi connectivity index (χ2n) is 4.51. The van der Waals surface area contributed by atoms with Gasteiger partial charge in [-0.15, -0.1) is 0 Å². The molecule has 4 heteroatoms. The van der Waals surface area contributed by atoms with Crippen LogP contribution in [0.1, 0.15) is 12.8 Å². The van der Waals surface area contributed by atoms with Crippen molar-refractivity contribution in [2.45, 2.75) is 18.9 Å². The van der Waals surface area contributed by atoms with E-state index in [0.29, 0.717) is 11.7 Å². The van der Waals surface area contributed by atoms with Gasteiger partial charge in [-0.05, 0) is 0 Å². The summed E-state index contributed by atoms with van der Waals surface area (Å²) < 4.78 is 11.2. The number of hydrogen-bond donors (Lipinski definition) is 0. The van der Waals surface area contributed by atoms with E-state index in [1.165, 1.54) is 0 Å². The minimum absolute atomic E-state index is 0.201. The van der Waals surface area contributed by atoms with Crippen molar-refractivity contribution in [3.63, 3.8) is 0 Å². The summed E-state index contributed by atoms with van der Waals surface area (Å²) in [5, 5.41) is 0. The van der Waals surface area contributed by atoms with E-state index in [2.05, 4.69) is 9.97 Å². The quantitative estimate of drug-likeness (QED) is 0.847. The van der Waals surface area contributed by atoms with E-state index in [-0.39, 0.29) is 6.10 Å². The van der Waals surface area contributed by atoms with Gasteiger partial charge in [0.1, 0.15) is 6.10 Å². The predicted molar refractivity (Wildman–Crippen MR) is 71.9 cm³/mol. The van der Waals surface area contributed by atoms with Crippen LogP contribution in [0, 0.1) is 0 Å². The molecular formula is C15H16N2O2. The summed E-state index contributed by atoms with van der Waals surface area (Å²) >= 11 is 0. The minimum atomic E-state index is 0.201. The van der Waals surface area contributed by atoms with Crippen LogP contribution >= 0.6 is 0 Å². The van der Waals surface area contributed by atoms with Gasteiger partial charge in [0.05, 0.1) is 13.2 Å². The molecule has 19 heavy (non-hydrogen) atoms. The Bertz CT molecular complexity index is 525. The highest BCUT2D eigenvalue weighted by Gasteiger charge is 2.16. The Balaban J connectivity index is 1.76. The van der Waals surface area contributed by atoms with Crippen LogP contribution in [-0.4, -0.2) is 29.3 Å². The molecule has 98 valence electrons. The molecule has 4 nitrogen and oxygen atoms in total. The van der Waals surface area contributed by atoms with Crippen LogP contribution in [0.3, 0.4) is 0 Å². The van der Waals surface area contributed by atoms with Gasteiger partial charge in [-0.3, -0.25) is 0 Å². The number of nitrogens with zero attached hydrogens (tertiary/aromatic N) is 2. The van der Waals surface area contributed by atoms with Crippen molar-refractivity contribution in [2.75, 3.05) is 13.2 Å². The lowest BCUT2D eigenvalue weighted by atomic mass is 10.1. The van der Waals surface area contributed by atoms with Crippen LogP contribution in [0.15, 0.2) is 42.6 Å². The lowest BCUT2D eigenvalue weighted by Crippen LogP contribution is -2.26. The smallest absolute Gasteiger partial charge is 0.217 e. The predicted octanol–water partition coefficient (Wildman–Crippen LogP) is 2.70. The third-order valence-corrected chi connectivity index (χ3v) is 3.12. The molecule has 1 aromatic carbocycles. The highest BCUT2D eigenvalue weighted by atomic mass is 16.5. The van der Waals surface area contributed by atoms with Gasteiger partial charge in [-0.2, -0.15) is 4.98 Å². The molecule has 0 saturated carbocycles. The standard InChI is InChI=1S/C15H16N2O2/c1-2-4-12(5-3-1)15-16-9-6-14(17-15)19-13-7-10-18-11-8-13/h1-6,9,13H,7-8,10-11H2. The number of benzene rings is 1. The first kappa shape index (κ1) is 12.1. The average Bonchev–Trinajstić information content (AvgIpc) is 2.49. The Labute approximate surface area is 112 Å². The highest BCUT2D eigenvalue weighted by Crippen LogP contribution is 2.19. The molecule has 1 aliphatic rings. The van der Waals surface area contributed by atoms with Crippen LogP contribution in [0.5, 0.6) is 5.88 Å². The summed E-state index contributed by atoms with van der Waals surface area (Å²) in [5.41, 5.74) is 1.000. The lowest BCUT2D eigenvalue weighted by molar-refractivity contribution is 0.0237. The summed E-state index contributed by atoms with van der Waals surface area (Å²) in [5.74, 6) is 1.34. The highest BCUT2D eigenvalue weighted by molar-refractivity contribution is 5.54. The zero-order valence-electron chi connectivity index (χ0n) is 10.7. The third-order valence-electron chi connectivity index (χ3n) is 3.12. The number of ether oxygens (including phenoxy) is 2. The SMILES string of the molecule is c1ccc(-c2nccc(OC3CCOCC3)n2)cc1. The maximum atomic E-state index is 5.89. The summed E-state index contributed by atoms with van der Waals surface area (Å²) in [6.07, 6.45) is 3.78.